The molecule has 1 fully saturated rings. The minimum absolute atomic E-state index is 0.188. The van der Waals surface area contributed by atoms with Crippen LogP contribution in [0.1, 0.15) is 30.1 Å². The maximum atomic E-state index is 12.9. The van der Waals surface area contributed by atoms with Gasteiger partial charge in [0.05, 0.1) is 5.69 Å². The normalized spacial score (nSPS) is 16.9. The monoisotopic (exact) mass is 449 g/mol. The van der Waals surface area contributed by atoms with Crippen LogP contribution in [-0.4, -0.2) is 44.3 Å². The molecule has 34 heavy (non-hydrogen) atoms. The molecule has 6 rings (SSSR count). The van der Waals surface area contributed by atoms with Gasteiger partial charge in [0.1, 0.15) is 5.82 Å². The Morgan fingerprint density at radius 2 is 1.79 bits per heavy atom. The molecule has 5 aromatic rings. The van der Waals surface area contributed by atoms with Gasteiger partial charge >= 0.3 is 5.69 Å². The molecule has 0 bridgehead atoms. The number of hydrogen-bond acceptors (Lipinski definition) is 4. The minimum Gasteiger partial charge on any atom is -0.302 e. The summed E-state index contributed by atoms with van der Waals surface area (Å²) < 4.78 is 1.51. The van der Waals surface area contributed by atoms with Crippen LogP contribution in [0, 0.1) is 0 Å². The van der Waals surface area contributed by atoms with Crippen LogP contribution < -0.4 is 5.69 Å². The third-order valence-corrected chi connectivity index (χ3v) is 6.99. The van der Waals surface area contributed by atoms with Crippen LogP contribution in [0.5, 0.6) is 0 Å². The number of aromatic nitrogens is 4. The van der Waals surface area contributed by atoms with Crippen molar-refractivity contribution in [3.05, 3.63) is 101 Å². The SMILES string of the molecule is O=c1[nH]c([C@H]2CCCN(CCc3cccc4ccccc34)C2)nn1-c1cccc2cnccc12. The maximum Gasteiger partial charge on any atom is 0.348 e. The predicted molar refractivity (Wildman–Crippen MR) is 136 cm³/mol. The summed E-state index contributed by atoms with van der Waals surface area (Å²) in [6.07, 6.45) is 6.72. The number of aromatic amines is 1. The molecule has 1 N–H and O–H groups in total. The Hall–Kier alpha value is -3.77. The molecule has 3 heterocycles. The van der Waals surface area contributed by atoms with Gasteiger partial charge in [0.25, 0.3) is 0 Å². The zero-order chi connectivity index (χ0) is 22.9. The quantitative estimate of drug-likeness (QED) is 0.423. The second-order valence-electron chi connectivity index (χ2n) is 9.13. The summed E-state index contributed by atoms with van der Waals surface area (Å²) in [4.78, 5) is 22.6. The van der Waals surface area contributed by atoms with E-state index in [0.717, 1.165) is 61.2 Å². The van der Waals surface area contributed by atoms with Gasteiger partial charge in [-0.2, -0.15) is 4.68 Å². The summed E-state index contributed by atoms with van der Waals surface area (Å²) in [6, 6.07) is 23.0. The zero-order valence-electron chi connectivity index (χ0n) is 19.0. The van der Waals surface area contributed by atoms with E-state index < -0.39 is 0 Å². The van der Waals surface area contributed by atoms with Crippen LogP contribution in [0.3, 0.4) is 0 Å². The summed E-state index contributed by atoms with van der Waals surface area (Å²) in [5, 5.41) is 9.35. The van der Waals surface area contributed by atoms with Gasteiger partial charge in [-0.05, 0) is 54.3 Å². The highest BCUT2D eigenvalue weighted by molar-refractivity contribution is 5.89. The van der Waals surface area contributed by atoms with E-state index in [4.69, 9.17) is 5.10 Å². The van der Waals surface area contributed by atoms with Gasteiger partial charge in [0.15, 0.2) is 0 Å². The summed E-state index contributed by atoms with van der Waals surface area (Å²) in [6.45, 7) is 3.01. The molecule has 1 saturated heterocycles. The van der Waals surface area contributed by atoms with E-state index in [1.807, 2.05) is 30.5 Å². The Bertz CT molecular complexity index is 1510. The number of H-pyrrole nitrogens is 1. The topological polar surface area (TPSA) is 66.8 Å². The average molecular weight is 450 g/mol. The molecule has 0 aliphatic carbocycles. The fourth-order valence-corrected chi connectivity index (χ4v) is 5.25. The summed E-state index contributed by atoms with van der Waals surface area (Å²) in [5.41, 5.74) is 1.99. The first kappa shape index (κ1) is 20.8. The van der Waals surface area contributed by atoms with Crippen LogP contribution in [0.25, 0.3) is 27.2 Å². The lowest BCUT2D eigenvalue weighted by Crippen LogP contribution is -2.36. The second-order valence-corrected chi connectivity index (χ2v) is 9.13. The van der Waals surface area contributed by atoms with Gasteiger partial charge < -0.3 is 4.90 Å². The Balaban J connectivity index is 1.21. The van der Waals surface area contributed by atoms with Gasteiger partial charge in [-0.15, -0.1) is 5.10 Å². The van der Waals surface area contributed by atoms with E-state index in [9.17, 15) is 4.79 Å². The molecular formula is C28H27N5O. The molecule has 0 unspecified atom stereocenters. The Morgan fingerprint density at radius 1 is 0.941 bits per heavy atom. The van der Waals surface area contributed by atoms with Crippen LogP contribution in [-0.2, 0) is 6.42 Å². The fraction of sp³-hybridized carbons (Fsp3) is 0.250. The van der Waals surface area contributed by atoms with Gasteiger partial charge in [0.2, 0.25) is 0 Å². The molecule has 6 nitrogen and oxygen atoms in total. The van der Waals surface area contributed by atoms with Gasteiger partial charge in [0, 0.05) is 42.2 Å². The molecule has 1 aliphatic rings. The first-order valence-corrected chi connectivity index (χ1v) is 12.0. The molecule has 0 amide bonds. The first-order valence-electron chi connectivity index (χ1n) is 12.0. The fourth-order valence-electron chi connectivity index (χ4n) is 5.25. The smallest absolute Gasteiger partial charge is 0.302 e. The number of pyridine rings is 1. The van der Waals surface area contributed by atoms with Crippen molar-refractivity contribution < 1.29 is 0 Å². The molecule has 170 valence electrons. The van der Waals surface area contributed by atoms with Gasteiger partial charge in [-0.25, -0.2) is 4.79 Å². The molecule has 0 spiro atoms. The number of benzene rings is 3. The van der Waals surface area contributed by atoms with E-state index >= 15 is 0 Å². The number of nitrogens with one attached hydrogen (secondary N) is 1. The highest BCUT2D eigenvalue weighted by atomic mass is 16.1. The number of rotatable bonds is 5. The van der Waals surface area contributed by atoms with Crippen molar-refractivity contribution in [1.29, 1.82) is 0 Å². The summed E-state index contributed by atoms with van der Waals surface area (Å²) in [5.74, 6) is 1.01. The highest BCUT2D eigenvalue weighted by Crippen LogP contribution is 2.26. The number of nitrogens with zero attached hydrogens (tertiary/aromatic N) is 4. The van der Waals surface area contributed by atoms with E-state index in [1.165, 1.54) is 21.0 Å². The Kier molecular flexibility index (Phi) is 5.43. The van der Waals surface area contributed by atoms with E-state index in [1.54, 1.807) is 6.20 Å². The van der Waals surface area contributed by atoms with E-state index in [0.29, 0.717) is 0 Å². The zero-order valence-corrected chi connectivity index (χ0v) is 19.0. The Labute approximate surface area is 197 Å². The van der Waals surface area contributed by atoms with Crippen LogP contribution >= 0.6 is 0 Å². The van der Waals surface area contributed by atoms with Gasteiger partial charge in [-0.1, -0.05) is 54.6 Å². The lowest BCUT2D eigenvalue weighted by atomic mass is 9.96. The molecule has 2 aromatic heterocycles. The summed E-state index contributed by atoms with van der Waals surface area (Å²) in [7, 11) is 0. The van der Waals surface area contributed by atoms with Gasteiger partial charge in [-0.3, -0.25) is 9.97 Å². The number of hydrogen-bond donors (Lipinski definition) is 1. The standard InChI is InChI=1S/C28H27N5O/c34-28-30-27(31-33(28)26-12-4-9-22-18-29-15-13-25(22)26)23-10-5-16-32(19-23)17-14-21-8-3-7-20-6-1-2-11-24(20)21/h1-4,6-9,11-13,15,18,23H,5,10,14,16-17,19H2,(H,30,31,34)/t23-/m0/s1. The van der Waals surface area contributed by atoms with E-state index in [-0.39, 0.29) is 11.6 Å². The maximum absolute atomic E-state index is 12.9. The van der Waals surface area contributed by atoms with Crippen LogP contribution in [0.2, 0.25) is 0 Å². The molecule has 1 aliphatic heterocycles. The van der Waals surface area contributed by atoms with E-state index in [2.05, 4.69) is 57.3 Å². The van der Waals surface area contributed by atoms with Crippen LogP contribution in [0.4, 0.5) is 0 Å². The lowest BCUT2D eigenvalue weighted by molar-refractivity contribution is 0.206. The summed E-state index contributed by atoms with van der Waals surface area (Å²) >= 11 is 0. The molecule has 0 saturated carbocycles. The van der Waals surface area contributed by atoms with Crippen molar-refractivity contribution in [2.24, 2.45) is 0 Å². The number of fused-ring (bicyclic) bond motifs is 2. The first-order chi connectivity index (χ1) is 16.8. The molecule has 1 atom stereocenters. The Morgan fingerprint density at radius 3 is 2.76 bits per heavy atom. The van der Waals surface area contributed by atoms with Crippen molar-refractivity contribution in [3.8, 4) is 5.69 Å². The third kappa shape index (κ3) is 3.90. The highest BCUT2D eigenvalue weighted by Gasteiger charge is 2.25. The minimum atomic E-state index is -0.188. The van der Waals surface area contributed by atoms with Crippen molar-refractivity contribution in [3.63, 3.8) is 0 Å². The number of piperidine rings is 1. The largest absolute Gasteiger partial charge is 0.348 e. The second kappa shape index (κ2) is 8.88. The molecule has 6 heteroatoms. The average Bonchev–Trinajstić information content (AvgIpc) is 3.28. The van der Waals surface area contributed by atoms with Crippen molar-refractivity contribution in [1.82, 2.24) is 24.6 Å². The molecule has 0 radical (unpaired) electrons. The number of likely N-dealkylation sites (tertiary alicyclic amines) is 1. The van der Waals surface area contributed by atoms with Crippen LogP contribution in [0.15, 0.2) is 83.9 Å². The lowest BCUT2D eigenvalue weighted by Gasteiger charge is -2.31. The van der Waals surface area contributed by atoms with Crippen molar-refractivity contribution >= 4 is 21.5 Å². The molecular weight excluding hydrogens is 422 g/mol. The molecule has 3 aromatic carbocycles. The third-order valence-electron chi connectivity index (χ3n) is 6.99. The van der Waals surface area contributed by atoms with Crippen molar-refractivity contribution in [2.45, 2.75) is 25.2 Å². The van der Waals surface area contributed by atoms with Crippen molar-refractivity contribution in [2.75, 3.05) is 19.6 Å². The predicted octanol–water partition coefficient (Wildman–Crippen LogP) is 4.68.